The van der Waals surface area contributed by atoms with Gasteiger partial charge in [0.1, 0.15) is 10.6 Å². The van der Waals surface area contributed by atoms with Gasteiger partial charge in [-0.25, -0.2) is 13.1 Å². The number of nitrogens with zero attached hydrogens (tertiary/aromatic N) is 1. The number of methoxy groups -OCH3 is 1. The summed E-state index contributed by atoms with van der Waals surface area (Å²) in [7, 11) is -1.84. The van der Waals surface area contributed by atoms with E-state index in [4.69, 9.17) is 9.47 Å². The minimum Gasteiger partial charge on any atom is -0.492 e. The summed E-state index contributed by atoms with van der Waals surface area (Å²) in [5, 5.41) is 0. The highest BCUT2D eigenvalue weighted by atomic mass is 32.2. The zero-order chi connectivity index (χ0) is 17.4. The Bertz CT molecular complexity index is 598. The lowest BCUT2D eigenvalue weighted by atomic mass is 9.97. The first-order valence-electron chi connectivity index (χ1n) is 8.49. The van der Waals surface area contributed by atoms with Crippen LogP contribution in [0.25, 0.3) is 0 Å². The number of rotatable bonds is 9. The number of benzene rings is 1. The lowest BCUT2D eigenvalue weighted by Crippen LogP contribution is -2.39. The molecule has 2 rings (SSSR count). The highest BCUT2D eigenvalue weighted by molar-refractivity contribution is 7.89. The first kappa shape index (κ1) is 19.2. The van der Waals surface area contributed by atoms with E-state index in [0.29, 0.717) is 24.8 Å². The number of likely N-dealkylation sites (tertiary alicyclic amines) is 1. The van der Waals surface area contributed by atoms with Gasteiger partial charge in [-0.05, 0) is 50.9 Å². The minimum atomic E-state index is -3.55. The lowest BCUT2D eigenvalue weighted by molar-refractivity contribution is 0.121. The molecule has 0 saturated carbocycles. The van der Waals surface area contributed by atoms with E-state index in [2.05, 4.69) is 9.62 Å². The zero-order valence-corrected chi connectivity index (χ0v) is 15.3. The zero-order valence-electron chi connectivity index (χ0n) is 14.5. The summed E-state index contributed by atoms with van der Waals surface area (Å²) in [5.74, 6) is 0.778. The van der Waals surface area contributed by atoms with Crippen molar-refractivity contribution in [3.8, 4) is 5.75 Å². The summed E-state index contributed by atoms with van der Waals surface area (Å²) < 4.78 is 38.4. The molecule has 7 heteroatoms. The largest absolute Gasteiger partial charge is 0.492 e. The van der Waals surface area contributed by atoms with Crippen LogP contribution >= 0.6 is 0 Å². The van der Waals surface area contributed by atoms with E-state index >= 15 is 0 Å². The van der Waals surface area contributed by atoms with Crippen molar-refractivity contribution >= 4 is 10.0 Å². The van der Waals surface area contributed by atoms with Crippen molar-refractivity contribution in [2.75, 3.05) is 46.5 Å². The molecule has 0 amide bonds. The molecule has 0 atom stereocenters. The maximum atomic E-state index is 12.6. The predicted octanol–water partition coefficient (Wildman–Crippen LogP) is 1.72. The van der Waals surface area contributed by atoms with Crippen molar-refractivity contribution < 1.29 is 17.9 Å². The van der Waals surface area contributed by atoms with E-state index in [1.54, 1.807) is 31.4 Å². The molecule has 0 bridgehead atoms. The van der Waals surface area contributed by atoms with E-state index < -0.39 is 10.0 Å². The number of hydrogen-bond donors (Lipinski definition) is 1. The molecule has 1 N–H and O–H groups in total. The predicted molar refractivity (Wildman–Crippen MR) is 93.8 cm³/mol. The first-order chi connectivity index (χ1) is 11.6. The van der Waals surface area contributed by atoms with Crippen LogP contribution in [0.2, 0.25) is 0 Å². The third kappa shape index (κ3) is 5.44. The topological polar surface area (TPSA) is 67.9 Å². The summed E-state index contributed by atoms with van der Waals surface area (Å²) in [6.45, 7) is 6.42. The normalized spacial score (nSPS) is 17.1. The molecular formula is C17H28N2O4S. The smallest absolute Gasteiger partial charge is 0.244 e. The molecule has 0 spiro atoms. The second-order valence-corrected chi connectivity index (χ2v) is 7.74. The molecule has 0 unspecified atom stereocenters. The van der Waals surface area contributed by atoms with Gasteiger partial charge < -0.3 is 14.4 Å². The Morgan fingerprint density at radius 1 is 1.25 bits per heavy atom. The van der Waals surface area contributed by atoms with E-state index in [1.165, 1.54) is 0 Å². The van der Waals surface area contributed by atoms with Gasteiger partial charge in [0.15, 0.2) is 0 Å². The van der Waals surface area contributed by atoms with Crippen molar-refractivity contribution in [3.63, 3.8) is 0 Å². The standard InChI is InChI=1S/C17H28N2O4S/c1-3-23-16-6-4-5-7-17(16)24(20,21)18-14-15-8-10-19(11-9-15)12-13-22-2/h4-7,15,18H,3,8-14H2,1-2H3. The maximum absolute atomic E-state index is 12.6. The van der Waals surface area contributed by atoms with E-state index in [9.17, 15) is 8.42 Å². The Morgan fingerprint density at radius 3 is 2.62 bits per heavy atom. The molecule has 1 aromatic rings. The van der Waals surface area contributed by atoms with Gasteiger partial charge in [0.05, 0.1) is 13.2 Å². The SMILES string of the molecule is CCOc1ccccc1S(=O)(=O)NCC1CCN(CCOC)CC1. The average molecular weight is 356 g/mol. The molecule has 6 nitrogen and oxygen atoms in total. The van der Waals surface area contributed by atoms with E-state index in [1.807, 2.05) is 6.92 Å². The summed E-state index contributed by atoms with van der Waals surface area (Å²) in [4.78, 5) is 2.57. The summed E-state index contributed by atoms with van der Waals surface area (Å²) in [6, 6.07) is 6.76. The Hall–Kier alpha value is -1.15. The average Bonchev–Trinajstić information content (AvgIpc) is 2.60. The van der Waals surface area contributed by atoms with Crippen molar-refractivity contribution in [2.24, 2.45) is 5.92 Å². The van der Waals surface area contributed by atoms with Gasteiger partial charge in [0.25, 0.3) is 0 Å². The van der Waals surface area contributed by atoms with E-state index in [-0.39, 0.29) is 4.90 Å². The van der Waals surface area contributed by atoms with E-state index in [0.717, 1.165) is 39.1 Å². The number of para-hydroxylation sites is 1. The summed E-state index contributed by atoms with van der Waals surface area (Å²) in [6.07, 6.45) is 2.00. The molecule has 1 saturated heterocycles. The second-order valence-electron chi connectivity index (χ2n) is 6.01. The highest BCUT2D eigenvalue weighted by Crippen LogP contribution is 2.24. The van der Waals surface area contributed by atoms with Crippen molar-refractivity contribution in [1.29, 1.82) is 0 Å². The first-order valence-corrected chi connectivity index (χ1v) is 9.98. The van der Waals surface area contributed by atoms with Crippen LogP contribution in [0.3, 0.4) is 0 Å². The monoisotopic (exact) mass is 356 g/mol. The van der Waals surface area contributed by atoms with Crippen LogP contribution in [-0.4, -0.2) is 59.8 Å². The molecule has 0 aromatic heterocycles. The fourth-order valence-corrected chi connectivity index (χ4v) is 4.15. The Morgan fingerprint density at radius 2 is 1.96 bits per heavy atom. The third-order valence-corrected chi connectivity index (χ3v) is 5.78. The van der Waals surface area contributed by atoms with Crippen LogP contribution in [0.4, 0.5) is 0 Å². The molecule has 1 aliphatic rings. The second kappa shape index (κ2) is 9.36. The third-order valence-electron chi connectivity index (χ3n) is 4.32. The van der Waals surface area contributed by atoms with Crippen LogP contribution in [0.1, 0.15) is 19.8 Å². The van der Waals surface area contributed by atoms with Gasteiger partial charge >= 0.3 is 0 Å². The van der Waals surface area contributed by atoms with Crippen LogP contribution in [0, 0.1) is 5.92 Å². The molecular weight excluding hydrogens is 328 g/mol. The molecule has 1 aromatic carbocycles. The van der Waals surface area contributed by atoms with Crippen molar-refractivity contribution in [2.45, 2.75) is 24.7 Å². The van der Waals surface area contributed by atoms with Gasteiger partial charge in [-0.1, -0.05) is 12.1 Å². The quantitative estimate of drug-likeness (QED) is 0.730. The molecule has 0 radical (unpaired) electrons. The van der Waals surface area contributed by atoms with Crippen molar-refractivity contribution in [3.05, 3.63) is 24.3 Å². The summed E-state index contributed by atoms with van der Waals surface area (Å²) >= 11 is 0. The Kier molecular flexibility index (Phi) is 7.48. The van der Waals surface area contributed by atoms with Gasteiger partial charge in [0.2, 0.25) is 10.0 Å². The summed E-state index contributed by atoms with van der Waals surface area (Å²) in [5.41, 5.74) is 0. The molecule has 136 valence electrons. The lowest BCUT2D eigenvalue weighted by Gasteiger charge is -2.31. The number of piperidine rings is 1. The minimum absolute atomic E-state index is 0.212. The fraction of sp³-hybridized carbons (Fsp3) is 0.647. The number of hydrogen-bond acceptors (Lipinski definition) is 5. The molecule has 1 fully saturated rings. The van der Waals surface area contributed by atoms with Gasteiger partial charge in [-0.15, -0.1) is 0 Å². The van der Waals surface area contributed by atoms with Crippen LogP contribution < -0.4 is 9.46 Å². The van der Waals surface area contributed by atoms with Crippen LogP contribution in [0.15, 0.2) is 29.2 Å². The Balaban J connectivity index is 1.88. The van der Waals surface area contributed by atoms with Crippen LogP contribution in [0.5, 0.6) is 5.75 Å². The van der Waals surface area contributed by atoms with Crippen molar-refractivity contribution in [1.82, 2.24) is 9.62 Å². The van der Waals surface area contributed by atoms with Gasteiger partial charge in [-0.3, -0.25) is 0 Å². The molecule has 0 aliphatic carbocycles. The van der Waals surface area contributed by atoms with Crippen LogP contribution in [-0.2, 0) is 14.8 Å². The molecule has 1 heterocycles. The number of sulfonamides is 1. The highest BCUT2D eigenvalue weighted by Gasteiger charge is 2.23. The molecule has 1 aliphatic heterocycles. The number of ether oxygens (including phenoxy) is 2. The number of nitrogens with one attached hydrogen (secondary N) is 1. The molecule has 24 heavy (non-hydrogen) atoms. The fourth-order valence-electron chi connectivity index (χ4n) is 2.89. The maximum Gasteiger partial charge on any atom is 0.244 e. The Labute approximate surface area is 145 Å². The van der Waals surface area contributed by atoms with Gasteiger partial charge in [0, 0.05) is 20.2 Å². The van der Waals surface area contributed by atoms with Gasteiger partial charge in [-0.2, -0.15) is 0 Å².